The standard InChI is InChI=1S/C19H22N4OS/c1-2-16-9-17-18(21-13-22-19(17)25-16)23(12-15-6-4-8-24-15)11-14-5-3-7-20-10-14/h3,5,7,9-10,13,15H,2,4,6,8,11-12H2,1H3. The zero-order valence-electron chi connectivity index (χ0n) is 14.4. The number of fused-ring (bicyclic) bond motifs is 1. The predicted octanol–water partition coefficient (Wildman–Crippen LogP) is 3.83. The number of rotatable bonds is 6. The summed E-state index contributed by atoms with van der Waals surface area (Å²) in [6.07, 6.45) is 8.96. The van der Waals surface area contributed by atoms with Gasteiger partial charge in [0.05, 0.1) is 11.5 Å². The second-order valence-electron chi connectivity index (χ2n) is 6.36. The molecule has 5 nitrogen and oxygen atoms in total. The summed E-state index contributed by atoms with van der Waals surface area (Å²) in [4.78, 5) is 18.1. The van der Waals surface area contributed by atoms with Gasteiger partial charge in [0, 0.05) is 37.0 Å². The van der Waals surface area contributed by atoms with Crippen LogP contribution in [0.3, 0.4) is 0 Å². The van der Waals surface area contributed by atoms with Crippen molar-refractivity contribution in [3.05, 3.63) is 47.4 Å². The molecule has 1 aliphatic heterocycles. The monoisotopic (exact) mass is 354 g/mol. The molecular formula is C19H22N4OS. The number of thiophene rings is 1. The highest BCUT2D eigenvalue weighted by Gasteiger charge is 2.22. The highest BCUT2D eigenvalue weighted by atomic mass is 32.1. The molecule has 1 fully saturated rings. The van der Waals surface area contributed by atoms with Crippen molar-refractivity contribution in [2.75, 3.05) is 18.1 Å². The highest BCUT2D eigenvalue weighted by molar-refractivity contribution is 7.18. The average molecular weight is 354 g/mol. The van der Waals surface area contributed by atoms with Crippen LogP contribution in [0.2, 0.25) is 0 Å². The Labute approximate surface area is 151 Å². The molecule has 1 atom stereocenters. The molecule has 0 radical (unpaired) electrons. The van der Waals surface area contributed by atoms with E-state index in [-0.39, 0.29) is 6.10 Å². The Balaban J connectivity index is 1.70. The molecule has 0 saturated carbocycles. The van der Waals surface area contributed by atoms with E-state index in [0.717, 1.165) is 55.0 Å². The Kier molecular flexibility index (Phi) is 4.90. The smallest absolute Gasteiger partial charge is 0.141 e. The summed E-state index contributed by atoms with van der Waals surface area (Å²) in [6, 6.07) is 6.33. The number of anilines is 1. The molecule has 0 N–H and O–H groups in total. The van der Waals surface area contributed by atoms with E-state index in [9.17, 15) is 0 Å². The molecule has 25 heavy (non-hydrogen) atoms. The normalized spacial score (nSPS) is 17.2. The lowest BCUT2D eigenvalue weighted by Gasteiger charge is -2.27. The third-order valence-electron chi connectivity index (χ3n) is 4.55. The summed E-state index contributed by atoms with van der Waals surface area (Å²) in [6.45, 7) is 4.66. The van der Waals surface area contributed by atoms with E-state index in [1.54, 1.807) is 17.7 Å². The predicted molar refractivity (Wildman–Crippen MR) is 101 cm³/mol. The minimum absolute atomic E-state index is 0.269. The summed E-state index contributed by atoms with van der Waals surface area (Å²) < 4.78 is 5.88. The van der Waals surface area contributed by atoms with Crippen molar-refractivity contribution in [3.8, 4) is 0 Å². The van der Waals surface area contributed by atoms with Crippen LogP contribution in [0.25, 0.3) is 10.2 Å². The fourth-order valence-electron chi connectivity index (χ4n) is 3.29. The van der Waals surface area contributed by atoms with Crippen LogP contribution in [-0.4, -0.2) is 34.2 Å². The molecule has 0 spiro atoms. The Morgan fingerprint density at radius 3 is 3.08 bits per heavy atom. The number of aromatic nitrogens is 3. The molecule has 1 saturated heterocycles. The Morgan fingerprint density at radius 2 is 2.32 bits per heavy atom. The first-order chi connectivity index (χ1) is 12.3. The van der Waals surface area contributed by atoms with E-state index in [1.165, 1.54) is 10.4 Å². The van der Waals surface area contributed by atoms with Crippen molar-refractivity contribution >= 4 is 27.4 Å². The van der Waals surface area contributed by atoms with E-state index in [2.05, 4.69) is 38.9 Å². The molecular weight excluding hydrogens is 332 g/mol. The van der Waals surface area contributed by atoms with Crippen LogP contribution in [-0.2, 0) is 17.7 Å². The number of nitrogens with zero attached hydrogens (tertiary/aromatic N) is 4. The van der Waals surface area contributed by atoms with Crippen LogP contribution in [0, 0.1) is 0 Å². The molecule has 3 aromatic heterocycles. The highest BCUT2D eigenvalue weighted by Crippen LogP contribution is 2.32. The second-order valence-corrected chi connectivity index (χ2v) is 7.47. The maximum atomic E-state index is 5.88. The summed E-state index contributed by atoms with van der Waals surface area (Å²) >= 11 is 1.76. The molecule has 130 valence electrons. The van der Waals surface area contributed by atoms with Gasteiger partial charge in [0.25, 0.3) is 0 Å². The van der Waals surface area contributed by atoms with Crippen molar-refractivity contribution in [1.82, 2.24) is 15.0 Å². The molecule has 6 heteroatoms. The molecule has 1 unspecified atom stereocenters. The van der Waals surface area contributed by atoms with E-state index < -0.39 is 0 Å². The Bertz CT molecular complexity index is 830. The first-order valence-corrected chi connectivity index (χ1v) is 9.64. The van der Waals surface area contributed by atoms with Crippen LogP contribution in [0.5, 0.6) is 0 Å². The van der Waals surface area contributed by atoms with Crippen molar-refractivity contribution in [2.24, 2.45) is 0 Å². The molecule has 3 aromatic rings. The van der Waals surface area contributed by atoms with Gasteiger partial charge in [-0.3, -0.25) is 4.98 Å². The van der Waals surface area contributed by atoms with Gasteiger partial charge in [0.2, 0.25) is 0 Å². The van der Waals surface area contributed by atoms with Crippen molar-refractivity contribution in [2.45, 2.75) is 38.8 Å². The summed E-state index contributed by atoms with van der Waals surface area (Å²) in [7, 11) is 0. The quantitative estimate of drug-likeness (QED) is 0.673. The molecule has 1 aliphatic rings. The maximum absolute atomic E-state index is 5.88. The molecule has 0 bridgehead atoms. The third-order valence-corrected chi connectivity index (χ3v) is 5.74. The van der Waals surface area contributed by atoms with Crippen LogP contribution in [0.4, 0.5) is 5.82 Å². The second kappa shape index (κ2) is 7.45. The van der Waals surface area contributed by atoms with E-state index in [1.807, 2.05) is 18.5 Å². The van der Waals surface area contributed by atoms with E-state index >= 15 is 0 Å². The zero-order chi connectivity index (χ0) is 17.1. The first-order valence-electron chi connectivity index (χ1n) is 8.82. The first kappa shape index (κ1) is 16.4. The Hall–Kier alpha value is -2.05. The van der Waals surface area contributed by atoms with E-state index in [0.29, 0.717) is 0 Å². The topological polar surface area (TPSA) is 51.1 Å². The largest absolute Gasteiger partial charge is 0.376 e. The van der Waals surface area contributed by atoms with Crippen LogP contribution in [0.1, 0.15) is 30.2 Å². The van der Waals surface area contributed by atoms with Gasteiger partial charge in [0.1, 0.15) is 17.0 Å². The molecule has 4 heterocycles. The summed E-state index contributed by atoms with van der Waals surface area (Å²) in [5.74, 6) is 1.00. The van der Waals surface area contributed by atoms with Crippen LogP contribution in [0.15, 0.2) is 36.9 Å². The van der Waals surface area contributed by atoms with Gasteiger partial charge in [-0.05, 0) is 37.0 Å². The number of hydrogen-bond donors (Lipinski definition) is 0. The van der Waals surface area contributed by atoms with Gasteiger partial charge in [0.15, 0.2) is 0 Å². The van der Waals surface area contributed by atoms with Crippen LogP contribution < -0.4 is 4.90 Å². The zero-order valence-corrected chi connectivity index (χ0v) is 15.2. The summed E-state index contributed by atoms with van der Waals surface area (Å²) in [5.41, 5.74) is 1.18. The minimum Gasteiger partial charge on any atom is -0.376 e. The molecule has 0 amide bonds. The number of ether oxygens (including phenoxy) is 1. The van der Waals surface area contributed by atoms with Gasteiger partial charge in [-0.15, -0.1) is 11.3 Å². The maximum Gasteiger partial charge on any atom is 0.141 e. The Morgan fingerprint density at radius 1 is 1.36 bits per heavy atom. The fourth-order valence-corrected chi connectivity index (χ4v) is 4.22. The van der Waals surface area contributed by atoms with Crippen LogP contribution >= 0.6 is 11.3 Å². The van der Waals surface area contributed by atoms with Gasteiger partial charge in [-0.1, -0.05) is 13.0 Å². The molecule has 0 aliphatic carbocycles. The lowest BCUT2D eigenvalue weighted by atomic mass is 10.2. The van der Waals surface area contributed by atoms with Gasteiger partial charge in [-0.25, -0.2) is 9.97 Å². The van der Waals surface area contributed by atoms with Crippen molar-refractivity contribution < 1.29 is 4.74 Å². The van der Waals surface area contributed by atoms with Gasteiger partial charge >= 0.3 is 0 Å². The molecule has 4 rings (SSSR count). The lowest BCUT2D eigenvalue weighted by Crippen LogP contribution is -2.32. The van der Waals surface area contributed by atoms with E-state index in [4.69, 9.17) is 4.74 Å². The summed E-state index contributed by atoms with van der Waals surface area (Å²) in [5, 5.41) is 1.14. The van der Waals surface area contributed by atoms with Crippen molar-refractivity contribution in [3.63, 3.8) is 0 Å². The number of aryl methyl sites for hydroxylation is 1. The minimum atomic E-state index is 0.269. The SMILES string of the molecule is CCc1cc2c(N(Cc3cccnc3)CC3CCCO3)ncnc2s1. The average Bonchev–Trinajstić information content (AvgIpc) is 3.30. The number of hydrogen-bond acceptors (Lipinski definition) is 6. The third kappa shape index (κ3) is 3.65. The van der Waals surface area contributed by atoms with Crippen molar-refractivity contribution in [1.29, 1.82) is 0 Å². The van der Waals surface area contributed by atoms with Gasteiger partial charge < -0.3 is 9.64 Å². The fraction of sp³-hybridized carbons (Fsp3) is 0.421. The molecule has 0 aromatic carbocycles. The van der Waals surface area contributed by atoms with Gasteiger partial charge in [-0.2, -0.15) is 0 Å². The number of pyridine rings is 1. The lowest BCUT2D eigenvalue weighted by molar-refractivity contribution is 0.115.